The molecule has 1 rings (SSSR count). The molecule has 1 aromatic rings. The van der Waals surface area contributed by atoms with Gasteiger partial charge in [-0.3, -0.25) is 4.79 Å². The van der Waals surface area contributed by atoms with Crippen LogP contribution in [0.5, 0.6) is 0 Å². The zero-order valence-corrected chi connectivity index (χ0v) is 17.3. The smallest absolute Gasteiger partial charge is 0.408 e. The van der Waals surface area contributed by atoms with E-state index < -0.39 is 23.7 Å². The highest BCUT2D eigenvalue weighted by Gasteiger charge is 2.23. The molecule has 0 saturated heterocycles. The number of alkyl carbamates (subject to hydrolysis) is 1. The van der Waals surface area contributed by atoms with E-state index in [0.29, 0.717) is 38.6 Å². The average molecular weight is 410 g/mol. The van der Waals surface area contributed by atoms with Gasteiger partial charge in [-0.15, -0.1) is 0 Å². The number of carbonyl (C=O) groups is 3. The number of aryl methyl sites for hydroxylation is 1. The number of carboxylic acid groups (broad SMARTS) is 1. The van der Waals surface area contributed by atoms with Crippen LogP contribution in [0.25, 0.3) is 0 Å². The fourth-order valence-corrected chi connectivity index (χ4v) is 2.60. The minimum Gasteiger partial charge on any atom is -0.480 e. The molecule has 2 amide bonds. The van der Waals surface area contributed by atoms with E-state index in [9.17, 15) is 23.9 Å². The predicted molar refractivity (Wildman–Crippen MR) is 107 cm³/mol. The molecule has 0 heterocycles. The lowest BCUT2D eigenvalue weighted by Gasteiger charge is -2.22. The van der Waals surface area contributed by atoms with Crippen molar-refractivity contribution in [1.29, 1.82) is 0 Å². The maximum absolute atomic E-state index is 12.8. The number of nitrogens with one attached hydrogen (secondary N) is 2. The summed E-state index contributed by atoms with van der Waals surface area (Å²) in [5, 5.41) is 14.4. The lowest BCUT2D eigenvalue weighted by atomic mass is 10.1. The highest BCUT2D eigenvalue weighted by Crippen LogP contribution is 2.09. The summed E-state index contributed by atoms with van der Waals surface area (Å²) in [5.74, 6) is -1.48. The normalized spacial score (nSPS) is 12.1. The van der Waals surface area contributed by atoms with Crippen LogP contribution < -0.4 is 10.6 Å². The van der Waals surface area contributed by atoms with Crippen molar-refractivity contribution >= 4 is 18.0 Å². The standard InChI is InChI=1S/C21H31FN2O5/c1-21(2,3)29-20(28)24-17(19(26)27)8-4-5-14-23-18(25)9-6-7-15-10-12-16(22)13-11-15/h10-13,17H,4-9,14H2,1-3H3,(H,23,25)(H,24,28)(H,26,27)/t17-/m0/s1. The van der Waals surface area contributed by atoms with E-state index in [0.717, 1.165) is 5.56 Å². The van der Waals surface area contributed by atoms with Crippen molar-refractivity contribution in [2.75, 3.05) is 6.54 Å². The molecule has 0 radical (unpaired) electrons. The van der Waals surface area contributed by atoms with Crippen LogP contribution in [-0.4, -0.2) is 41.3 Å². The summed E-state index contributed by atoms with van der Waals surface area (Å²) < 4.78 is 17.9. The first kappa shape index (κ1) is 24.4. The second-order valence-corrected chi connectivity index (χ2v) is 7.86. The van der Waals surface area contributed by atoms with Gasteiger partial charge in [0.2, 0.25) is 5.91 Å². The van der Waals surface area contributed by atoms with Gasteiger partial charge in [0.05, 0.1) is 0 Å². The van der Waals surface area contributed by atoms with Crippen LogP contribution in [0.15, 0.2) is 24.3 Å². The summed E-state index contributed by atoms with van der Waals surface area (Å²) in [6, 6.07) is 5.18. The van der Waals surface area contributed by atoms with Gasteiger partial charge in [-0.05, 0) is 70.6 Å². The first-order valence-corrected chi connectivity index (χ1v) is 9.80. The highest BCUT2D eigenvalue weighted by atomic mass is 19.1. The Hall–Kier alpha value is -2.64. The number of amides is 2. The van der Waals surface area contributed by atoms with Crippen LogP contribution in [0.2, 0.25) is 0 Å². The molecular formula is C21H31FN2O5. The second kappa shape index (κ2) is 12.0. The fraction of sp³-hybridized carbons (Fsp3) is 0.571. The molecule has 1 atom stereocenters. The summed E-state index contributed by atoms with van der Waals surface area (Å²) in [4.78, 5) is 34.8. The van der Waals surface area contributed by atoms with Gasteiger partial charge in [-0.25, -0.2) is 14.0 Å². The number of carbonyl (C=O) groups excluding carboxylic acids is 2. The number of ether oxygens (including phenoxy) is 1. The molecule has 0 aliphatic carbocycles. The van der Waals surface area contributed by atoms with E-state index in [2.05, 4.69) is 10.6 Å². The molecule has 0 bridgehead atoms. The zero-order chi connectivity index (χ0) is 21.9. The van der Waals surface area contributed by atoms with E-state index >= 15 is 0 Å². The van der Waals surface area contributed by atoms with Crippen LogP contribution in [0.4, 0.5) is 9.18 Å². The monoisotopic (exact) mass is 410 g/mol. The van der Waals surface area contributed by atoms with E-state index in [1.54, 1.807) is 32.9 Å². The van der Waals surface area contributed by atoms with Crippen molar-refractivity contribution < 1.29 is 28.6 Å². The third-order valence-electron chi connectivity index (χ3n) is 4.01. The lowest BCUT2D eigenvalue weighted by molar-refractivity contribution is -0.139. The van der Waals surface area contributed by atoms with E-state index in [1.165, 1.54) is 12.1 Å². The van der Waals surface area contributed by atoms with Gasteiger partial charge >= 0.3 is 12.1 Å². The number of unbranched alkanes of at least 4 members (excludes halogenated alkanes) is 1. The van der Waals surface area contributed by atoms with Crippen molar-refractivity contribution in [2.45, 2.75) is 70.9 Å². The summed E-state index contributed by atoms with van der Waals surface area (Å²) in [5.41, 5.74) is 0.282. The van der Waals surface area contributed by atoms with Crippen molar-refractivity contribution in [3.8, 4) is 0 Å². The Morgan fingerprint density at radius 2 is 1.76 bits per heavy atom. The fourth-order valence-electron chi connectivity index (χ4n) is 2.60. The van der Waals surface area contributed by atoms with Crippen molar-refractivity contribution in [3.63, 3.8) is 0 Å². The van der Waals surface area contributed by atoms with Crippen molar-refractivity contribution in [1.82, 2.24) is 10.6 Å². The molecule has 0 aromatic heterocycles. The van der Waals surface area contributed by atoms with Gasteiger partial charge in [0.15, 0.2) is 0 Å². The van der Waals surface area contributed by atoms with Crippen LogP contribution in [-0.2, 0) is 20.7 Å². The van der Waals surface area contributed by atoms with E-state index in [1.807, 2.05) is 0 Å². The molecule has 0 aliphatic heterocycles. The molecule has 0 saturated carbocycles. The Balaban J connectivity index is 2.18. The Morgan fingerprint density at radius 1 is 1.10 bits per heavy atom. The third kappa shape index (κ3) is 11.7. The van der Waals surface area contributed by atoms with Crippen LogP contribution in [0.1, 0.15) is 58.4 Å². The molecule has 8 heteroatoms. The van der Waals surface area contributed by atoms with Gasteiger partial charge in [-0.1, -0.05) is 12.1 Å². The lowest BCUT2D eigenvalue weighted by Crippen LogP contribution is -2.43. The first-order chi connectivity index (χ1) is 13.6. The van der Waals surface area contributed by atoms with Gasteiger partial charge in [0, 0.05) is 13.0 Å². The molecular weight excluding hydrogens is 379 g/mol. The topological polar surface area (TPSA) is 105 Å². The minimum atomic E-state index is -1.12. The van der Waals surface area contributed by atoms with Crippen LogP contribution in [0.3, 0.4) is 0 Å². The Labute approximate surface area is 171 Å². The molecule has 162 valence electrons. The minimum absolute atomic E-state index is 0.0752. The van der Waals surface area contributed by atoms with Crippen LogP contribution in [0, 0.1) is 5.82 Å². The highest BCUT2D eigenvalue weighted by molar-refractivity contribution is 5.80. The maximum Gasteiger partial charge on any atom is 0.408 e. The van der Waals surface area contributed by atoms with Gasteiger partial charge in [0.25, 0.3) is 0 Å². The third-order valence-corrected chi connectivity index (χ3v) is 4.01. The molecule has 0 fully saturated rings. The average Bonchev–Trinajstić information content (AvgIpc) is 2.60. The van der Waals surface area contributed by atoms with Gasteiger partial charge < -0.3 is 20.5 Å². The second-order valence-electron chi connectivity index (χ2n) is 7.86. The number of hydrogen-bond acceptors (Lipinski definition) is 4. The number of aliphatic carboxylic acids is 1. The number of hydrogen-bond donors (Lipinski definition) is 3. The van der Waals surface area contributed by atoms with Gasteiger partial charge in [0.1, 0.15) is 17.5 Å². The van der Waals surface area contributed by atoms with Gasteiger partial charge in [-0.2, -0.15) is 0 Å². The molecule has 3 N–H and O–H groups in total. The number of carboxylic acids is 1. The number of halogens is 1. The summed E-state index contributed by atoms with van der Waals surface area (Å²) in [6.45, 7) is 5.54. The SMILES string of the molecule is CC(C)(C)OC(=O)N[C@@H](CCCCNC(=O)CCCc1ccc(F)cc1)C(=O)O. The predicted octanol–water partition coefficient (Wildman–Crippen LogP) is 3.41. The molecule has 29 heavy (non-hydrogen) atoms. The van der Waals surface area contributed by atoms with Crippen molar-refractivity contribution in [3.05, 3.63) is 35.6 Å². The van der Waals surface area contributed by atoms with E-state index in [-0.39, 0.29) is 18.1 Å². The molecule has 7 nitrogen and oxygen atoms in total. The maximum atomic E-state index is 12.8. The zero-order valence-electron chi connectivity index (χ0n) is 17.3. The number of rotatable bonds is 11. The van der Waals surface area contributed by atoms with Crippen molar-refractivity contribution in [2.24, 2.45) is 0 Å². The Bertz CT molecular complexity index is 671. The van der Waals surface area contributed by atoms with Crippen LogP contribution >= 0.6 is 0 Å². The summed E-state index contributed by atoms with van der Waals surface area (Å²) in [7, 11) is 0. The molecule has 1 aromatic carbocycles. The summed E-state index contributed by atoms with van der Waals surface area (Å²) >= 11 is 0. The van der Waals surface area contributed by atoms with E-state index in [4.69, 9.17) is 4.74 Å². The largest absolute Gasteiger partial charge is 0.480 e. The molecule has 0 aliphatic rings. The number of benzene rings is 1. The quantitative estimate of drug-likeness (QED) is 0.485. The Morgan fingerprint density at radius 3 is 2.34 bits per heavy atom. The molecule has 0 spiro atoms. The Kier molecular flexibility index (Phi) is 10.1. The first-order valence-electron chi connectivity index (χ1n) is 9.80. The molecule has 0 unspecified atom stereocenters. The summed E-state index contributed by atoms with van der Waals surface area (Å²) in [6.07, 6.45) is 2.35.